The molecule has 0 heterocycles. The van der Waals surface area contributed by atoms with Gasteiger partial charge in [-0.3, -0.25) is 0 Å². The highest BCUT2D eigenvalue weighted by atomic mass is 19.4. The Kier molecular flexibility index (Phi) is 7.91. The Hall–Kier alpha value is -0.210. The summed E-state index contributed by atoms with van der Waals surface area (Å²) >= 11 is 0. The van der Waals surface area contributed by atoms with Gasteiger partial charge >= 0.3 is 6.18 Å². The van der Waals surface area contributed by atoms with E-state index in [0.717, 1.165) is 0 Å². The molecule has 0 saturated heterocycles. The molecule has 0 nitrogen and oxygen atoms in total. The Labute approximate surface area is 66.8 Å². The van der Waals surface area contributed by atoms with Crippen LogP contribution in [0.1, 0.15) is 40.5 Å². The van der Waals surface area contributed by atoms with E-state index in [1.165, 1.54) is 0 Å². The summed E-state index contributed by atoms with van der Waals surface area (Å²) in [7, 11) is 0. The molecule has 0 rings (SSSR count). The second kappa shape index (κ2) is 6.50. The van der Waals surface area contributed by atoms with Gasteiger partial charge in [0.05, 0.1) is 0 Å². The smallest absolute Gasteiger partial charge is 0.171 e. The molecule has 0 fully saturated rings. The second-order valence-electron chi connectivity index (χ2n) is 2.55. The van der Waals surface area contributed by atoms with E-state index in [1.807, 2.05) is 13.8 Å². The summed E-state index contributed by atoms with van der Waals surface area (Å²) in [6, 6.07) is 0. The normalized spacial score (nSPS) is 10.9. The highest BCUT2D eigenvalue weighted by Gasteiger charge is 2.26. The first-order valence-electron chi connectivity index (χ1n) is 3.98. The van der Waals surface area contributed by atoms with E-state index >= 15 is 0 Å². The Morgan fingerprint density at radius 3 is 1.55 bits per heavy atom. The molecule has 0 aromatic carbocycles. The third-order valence-electron chi connectivity index (χ3n) is 1.01. The first kappa shape index (κ1) is 13.4. The highest BCUT2D eigenvalue weighted by Crippen LogP contribution is 2.23. The molecule has 70 valence electrons. The molecule has 0 aromatic heterocycles. The third kappa shape index (κ3) is 17.7. The van der Waals surface area contributed by atoms with Crippen LogP contribution in [0.15, 0.2) is 0 Å². The Balaban J connectivity index is 0. The average molecular weight is 170 g/mol. The standard InChI is InChI=1S/C6H11F3.C2H6/c1-5(2)3-4-6(7,8)9;1-2/h5H,3-4H2,1-2H3;1-2H3. The predicted molar refractivity (Wildman–Crippen MR) is 41.5 cm³/mol. The third-order valence-corrected chi connectivity index (χ3v) is 1.01. The van der Waals surface area contributed by atoms with Crippen molar-refractivity contribution in [3.63, 3.8) is 0 Å². The molecule has 0 saturated carbocycles. The molecule has 0 aromatic rings. The molecule has 0 N–H and O–H groups in total. The molecule has 0 spiro atoms. The van der Waals surface area contributed by atoms with Crippen molar-refractivity contribution >= 4 is 0 Å². The van der Waals surface area contributed by atoms with Crippen LogP contribution in [0, 0.1) is 5.92 Å². The fourth-order valence-electron chi connectivity index (χ4n) is 0.452. The number of rotatable bonds is 2. The minimum absolute atomic E-state index is 0.145. The van der Waals surface area contributed by atoms with Gasteiger partial charge in [0.25, 0.3) is 0 Å². The summed E-state index contributed by atoms with van der Waals surface area (Å²) in [6.07, 6.45) is -4.38. The Morgan fingerprint density at radius 2 is 1.45 bits per heavy atom. The van der Waals surface area contributed by atoms with Gasteiger partial charge in [-0.2, -0.15) is 13.2 Å². The van der Waals surface area contributed by atoms with Gasteiger partial charge in [0.15, 0.2) is 0 Å². The van der Waals surface area contributed by atoms with Crippen LogP contribution in [0.2, 0.25) is 0 Å². The van der Waals surface area contributed by atoms with Gasteiger partial charge in [-0.1, -0.05) is 27.7 Å². The van der Waals surface area contributed by atoms with Gasteiger partial charge in [0, 0.05) is 6.42 Å². The van der Waals surface area contributed by atoms with Gasteiger partial charge in [-0.05, 0) is 12.3 Å². The van der Waals surface area contributed by atoms with Crippen LogP contribution in [0.5, 0.6) is 0 Å². The summed E-state index contributed by atoms with van der Waals surface area (Å²) in [4.78, 5) is 0. The van der Waals surface area contributed by atoms with Crippen LogP contribution in [-0.2, 0) is 0 Å². The van der Waals surface area contributed by atoms with Gasteiger partial charge in [-0.15, -0.1) is 0 Å². The van der Waals surface area contributed by atoms with Gasteiger partial charge in [0.1, 0.15) is 0 Å². The van der Waals surface area contributed by atoms with E-state index in [4.69, 9.17) is 0 Å². The van der Waals surface area contributed by atoms with E-state index in [1.54, 1.807) is 13.8 Å². The first-order valence-corrected chi connectivity index (χ1v) is 3.98. The number of hydrogen-bond acceptors (Lipinski definition) is 0. The Morgan fingerprint density at radius 1 is 1.09 bits per heavy atom. The molecule has 3 heteroatoms. The molecule has 0 aliphatic heterocycles. The minimum Gasteiger partial charge on any atom is -0.171 e. The fourth-order valence-corrected chi connectivity index (χ4v) is 0.452. The van der Waals surface area contributed by atoms with Crippen LogP contribution in [-0.4, -0.2) is 6.18 Å². The number of hydrogen-bond donors (Lipinski definition) is 0. The van der Waals surface area contributed by atoms with E-state index in [0.29, 0.717) is 0 Å². The monoisotopic (exact) mass is 170 g/mol. The van der Waals surface area contributed by atoms with Crippen molar-refractivity contribution in [2.75, 3.05) is 0 Å². The molecule has 0 aliphatic rings. The first-order chi connectivity index (χ1) is 4.92. The quantitative estimate of drug-likeness (QED) is 0.587. The van der Waals surface area contributed by atoms with Crippen molar-refractivity contribution < 1.29 is 13.2 Å². The zero-order valence-corrected chi connectivity index (χ0v) is 7.63. The highest BCUT2D eigenvalue weighted by molar-refractivity contribution is 4.52. The molecule has 0 aliphatic carbocycles. The average Bonchev–Trinajstić information content (AvgIpc) is 1.87. The lowest BCUT2D eigenvalue weighted by Crippen LogP contribution is -2.08. The molecule has 11 heavy (non-hydrogen) atoms. The zero-order valence-electron chi connectivity index (χ0n) is 7.63. The maximum Gasteiger partial charge on any atom is 0.389 e. The molecule has 0 radical (unpaired) electrons. The van der Waals surface area contributed by atoms with Crippen LogP contribution in [0.25, 0.3) is 0 Å². The second-order valence-corrected chi connectivity index (χ2v) is 2.55. The molecular weight excluding hydrogens is 153 g/mol. The Bertz CT molecular complexity index is 73.9. The molecule has 0 bridgehead atoms. The lowest BCUT2D eigenvalue weighted by molar-refractivity contribution is -0.137. The van der Waals surface area contributed by atoms with Crippen LogP contribution in [0.4, 0.5) is 13.2 Å². The van der Waals surface area contributed by atoms with Crippen molar-refractivity contribution in [1.82, 2.24) is 0 Å². The van der Waals surface area contributed by atoms with E-state index in [-0.39, 0.29) is 12.3 Å². The maximum absolute atomic E-state index is 11.4. The van der Waals surface area contributed by atoms with Crippen LogP contribution in [0.3, 0.4) is 0 Å². The van der Waals surface area contributed by atoms with Crippen LogP contribution < -0.4 is 0 Å². The summed E-state index contributed by atoms with van der Waals surface area (Å²) in [5.41, 5.74) is 0. The van der Waals surface area contributed by atoms with Gasteiger partial charge in [0.2, 0.25) is 0 Å². The number of halogens is 3. The van der Waals surface area contributed by atoms with Crippen molar-refractivity contribution in [1.29, 1.82) is 0 Å². The summed E-state index contributed by atoms with van der Waals surface area (Å²) in [5, 5.41) is 0. The summed E-state index contributed by atoms with van der Waals surface area (Å²) < 4.78 is 34.2. The van der Waals surface area contributed by atoms with Crippen LogP contribution >= 0.6 is 0 Å². The molecule has 0 unspecified atom stereocenters. The van der Waals surface area contributed by atoms with Crippen molar-refractivity contribution in [3.05, 3.63) is 0 Å². The molecule has 0 atom stereocenters. The predicted octanol–water partition coefficient (Wildman–Crippen LogP) is 4.01. The largest absolute Gasteiger partial charge is 0.389 e. The fraction of sp³-hybridized carbons (Fsp3) is 1.00. The maximum atomic E-state index is 11.4. The van der Waals surface area contributed by atoms with Crippen molar-refractivity contribution in [3.8, 4) is 0 Å². The zero-order chi connectivity index (χ0) is 9.49. The molecule has 0 amide bonds. The lowest BCUT2D eigenvalue weighted by atomic mass is 10.1. The SMILES string of the molecule is CC.CC(C)CCC(F)(F)F. The van der Waals surface area contributed by atoms with E-state index < -0.39 is 12.6 Å². The summed E-state index contributed by atoms with van der Waals surface area (Å²) in [6.45, 7) is 7.57. The van der Waals surface area contributed by atoms with Gasteiger partial charge in [-0.25, -0.2) is 0 Å². The van der Waals surface area contributed by atoms with Crippen molar-refractivity contribution in [2.45, 2.75) is 46.7 Å². The number of alkyl halides is 3. The van der Waals surface area contributed by atoms with E-state index in [2.05, 4.69) is 0 Å². The molecular formula is C8H17F3. The summed E-state index contributed by atoms with van der Waals surface area (Å²) in [5.74, 6) is 0.145. The topological polar surface area (TPSA) is 0 Å². The van der Waals surface area contributed by atoms with E-state index in [9.17, 15) is 13.2 Å². The van der Waals surface area contributed by atoms with Crippen molar-refractivity contribution in [2.24, 2.45) is 5.92 Å². The van der Waals surface area contributed by atoms with Gasteiger partial charge < -0.3 is 0 Å². The minimum atomic E-state index is -3.97. The lowest BCUT2D eigenvalue weighted by Gasteiger charge is -2.06.